The summed E-state index contributed by atoms with van der Waals surface area (Å²) in [6.07, 6.45) is 4.52. The lowest BCUT2D eigenvalue weighted by Crippen LogP contribution is -2.27. The van der Waals surface area contributed by atoms with Crippen LogP contribution in [0, 0.1) is 6.92 Å². The highest BCUT2D eigenvalue weighted by Gasteiger charge is 2.30. The summed E-state index contributed by atoms with van der Waals surface area (Å²) in [5.74, 6) is 0.866. The maximum absolute atomic E-state index is 8.90. The van der Waals surface area contributed by atoms with Crippen molar-refractivity contribution in [3.05, 3.63) is 11.3 Å². The molecule has 5 nitrogen and oxygen atoms in total. The molecule has 0 spiro atoms. The van der Waals surface area contributed by atoms with E-state index in [1.54, 1.807) is 7.11 Å². The van der Waals surface area contributed by atoms with E-state index in [4.69, 9.17) is 9.84 Å². The highest BCUT2D eigenvalue weighted by atomic mass is 16.5. The predicted molar refractivity (Wildman–Crippen MR) is 74.2 cm³/mol. The molecule has 0 radical (unpaired) electrons. The molecule has 1 heterocycles. The molecule has 5 heteroatoms. The SMILES string of the molecule is COc1c(CN(CCCCO)C2CC2)c(C)nn1C. The average Bonchev–Trinajstić information content (AvgIpc) is 3.17. The Hall–Kier alpha value is -1.07. The summed E-state index contributed by atoms with van der Waals surface area (Å²) in [5, 5.41) is 13.3. The van der Waals surface area contributed by atoms with E-state index in [-0.39, 0.29) is 6.61 Å². The molecule has 0 saturated heterocycles. The van der Waals surface area contributed by atoms with Crippen LogP contribution >= 0.6 is 0 Å². The van der Waals surface area contributed by atoms with Gasteiger partial charge in [0.1, 0.15) is 0 Å². The molecule has 1 N–H and O–H groups in total. The third kappa shape index (κ3) is 3.48. The van der Waals surface area contributed by atoms with Gasteiger partial charge in [-0.25, -0.2) is 4.68 Å². The number of nitrogens with zero attached hydrogens (tertiary/aromatic N) is 3. The molecule has 0 bridgehead atoms. The van der Waals surface area contributed by atoms with Crippen molar-refractivity contribution >= 4 is 0 Å². The molecular weight excluding hydrogens is 242 g/mol. The molecule has 1 aromatic heterocycles. The molecule has 0 atom stereocenters. The molecule has 0 unspecified atom stereocenters. The van der Waals surface area contributed by atoms with Crippen LogP contribution < -0.4 is 4.74 Å². The van der Waals surface area contributed by atoms with Gasteiger partial charge in [-0.1, -0.05) is 0 Å². The van der Waals surface area contributed by atoms with Crippen LogP contribution in [0.1, 0.15) is 36.9 Å². The minimum absolute atomic E-state index is 0.285. The summed E-state index contributed by atoms with van der Waals surface area (Å²) < 4.78 is 7.27. The Labute approximate surface area is 115 Å². The smallest absolute Gasteiger partial charge is 0.216 e. The van der Waals surface area contributed by atoms with Gasteiger partial charge in [0.05, 0.1) is 18.4 Å². The Morgan fingerprint density at radius 2 is 2.16 bits per heavy atom. The summed E-state index contributed by atoms with van der Waals surface area (Å²) in [6, 6.07) is 0.711. The lowest BCUT2D eigenvalue weighted by molar-refractivity contribution is 0.225. The lowest BCUT2D eigenvalue weighted by Gasteiger charge is -2.22. The third-order valence-corrected chi connectivity index (χ3v) is 3.76. The summed E-state index contributed by atoms with van der Waals surface area (Å²) in [4.78, 5) is 2.50. The van der Waals surface area contributed by atoms with Gasteiger partial charge >= 0.3 is 0 Å². The van der Waals surface area contributed by atoms with Crippen LogP contribution in [0.15, 0.2) is 0 Å². The number of aliphatic hydroxyl groups excluding tert-OH is 1. The zero-order valence-corrected chi connectivity index (χ0v) is 12.2. The molecule has 0 aliphatic heterocycles. The predicted octanol–water partition coefficient (Wildman–Crippen LogP) is 1.47. The van der Waals surface area contributed by atoms with Crippen molar-refractivity contribution in [2.45, 2.75) is 45.2 Å². The fourth-order valence-electron chi connectivity index (χ4n) is 2.58. The van der Waals surface area contributed by atoms with Crippen LogP contribution in [0.5, 0.6) is 5.88 Å². The second kappa shape index (κ2) is 6.39. The Bertz CT molecular complexity index is 413. The molecule has 1 aromatic rings. The van der Waals surface area contributed by atoms with Gasteiger partial charge in [-0.05, 0) is 39.2 Å². The highest BCUT2D eigenvalue weighted by Crippen LogP contribution is 2.31. The second-order valence-corrected chi connectivity index (χ2v) is 5.33. The number of aryl methyl sites for hydroxylation is 2. The topological polar surface area (TPSA) is 50.5 Å². The average molecular weight is 267 g/mol. The molecule has 1 saturated carbocycles. The van der Waals surface area contributed by atoms with Crippen LogP contribution in [0.3, 0.4) is 0 Å². The van der Waals surface area contributed by atoms with Crippen molar-refractivity contribution in [2.24, 2.45) is 7.05 Å². The maximum Gasteiger partial charge on any atom is 0.216 e. The number of rotatable bonds is 8. The largest absolute Gasteiger partial charge is 0.481 e. The second-order valence-electron chi connectivity index (χ2n) is 5.33. The summed E-state index contributed by atoms with van der Waals surface area (Å²) >= 11 is 0. The minimum Gasteiger partial charge on any atom is -0.481 e. The Kier molecular flexibility index (Phi) is 4.82. The van der Waals surface area contributed by atoms with Gasteiger partial charge in [-0.2, -0.15) is 5.10 Å². The van der Waals surface area contributed by atoms with Gasteiger partial charge in [-0.3, -0.25) is 4.90 Å². The molecule has 108 valence electrons. The van der Waals surface area contributed by atoms with E-state index in [0.29, 0.717) is 6.04 Å². The normalized spacial score (nSPS) is 15.2. The molecule has 0 amide bonds. The number of ether oxygens (including phenoxy) is 1. The zero-order valence-electron chi connectivity index (χ0n) is 12.2. The van der Waals surface area contributed by atoms with Gasteiger partial charge in [0.25, 0.3) is 0 Å². The molecular formula is C14H25N3O2. The quantitative estimate of drug-likeness (QED) is 0.725. The highest BCUT2D eigenvalue weighted by molar-refractivity contribution is 5.31. The van der Waals surface area contributed by atoms with Gasteiger partial charge in [0, 0.05) is 26.2 Å². The van der Waals surface area contributed by atoms with Crippen molar-refractivity contribution in [1.29, 1.82) is 0 Å². The summed E-state index contributed by atoms with van der Waals surface area (Å²) in [7, 11) is 3.62. The number of unbranched alkanes of at least 4 members (excludes halogenated alkanes) is 1. The third-order valence-electron chi connectivity index (χ3n) is 3.76. The monoisotopic (exact) mass is 267 g/mol. The number of methoxy groups -OCH3 is 1. The van der Waals surface area contributed by atoms with Gasteiger partial charge < -0.3 is 9.84 Å². The van der Waals surface area contributed by atoms with E-state index in [1.165, 1.54) is 18.4 Å². The number of hydrogen-bond donors (Lipinski definition) is 1. The number of hydrogen-bond acceptors (Lipinski definition) is 4. The maximum atomic E-state index is 8.90. The van der Waals surface area contributed by atoms with E-state index < -0.39 is 0 Å². The molecule has 1 aliphatic carbocycles. The molecule has 1 aliphatic rings. The Morgan fingerprint density at radius 1 is 1.42 bits per heavy atom. The van der Waals surface area contributed by atoms with Crippen LogP contribution in [0.25, 0.3) is 0 Å². The van der Waals surface area contributed by atoms with E-state index in [2.05, 4.69) is 10.00 Å². The first-order chi connectivity index (χ1) is 9.17. The fraction of sp³-hybridized carbons (Fsp3) is 0.786. The van der Waals surface area contributed by atoms with E-state index >= 15 is 0 Å². The van der Waals surface area contributed by atoms with E-state index in [1.807, 2.05) is 18.7 Å². The van der Waals surface area contributed by atoms with Crippen molar-refractivity contribution in [3.8, 4) is 5.88 Å². The van der Waals surface area contributed by atoms with Gasteiger partial charge in [0.2, 0.25) is 5.88 Å². The van der Waals surface area contributed by atoms with Gasteiger partial charge in [-0.15, -0.1) is 0 Å². The molecule has 1 fully saturated rings. The first-order valence-corrected chi connectivity index (χ1v) is 7.08. The van der Waals surface area contributed by atoms with E-state index in [9.17, 15) is 0 Å². The van der Waals surface area contributed by atoms with Crippen molar-refractivity contribution in [3.63, 3.8) is 0 Å². The minimum atomic E-state index is 0.285. The first kappa shape index (κ1) is 14.3. The molecule has 2 rings (SSSR count). The van der Waals surface area contributed by atoms with Crippen molar-refractivity contribution < 1.29 is 9.84 Å². The van der Waals surface area contributed by atoms with Crippen molar-refractivity contribution in [1.82, 2.24) is 14.7 Å². The lowest BCUT2D eigenvalue weighted by atomic mass is 10.2. The summed E-state index contributed by atoms with van der Waals surface area (Å²) in [6.45, 7) is 4.27. The molecule has 0 aromatic carbocycles. The fourth-order valence-corrected chi connectivity index (χ4v) is 2.58. The van der Waals surface area contributed by atoms with E-state index in [0.717, 1.165) is 37.5 Å². The van der Waals surface area contributed by atoms with Crippen LogP contribution in [0.4, 0.5) is 0 Å². The standard InChI is InChI=1S/C14H25N3O2/c1-11-13(14(19-3)16(2)15-11)10-17(12-6-7-12)8-4-5-9-18/h12,18H,4-10H2,1-3H3. The molecule has 19 heavy (non-hydrogen) atoms. The van der Waals surface area contributed by atoms with Crippen molar-refractivity contribution in [2.75, 3.05) is 20.3 Å². The van der Waals surface area contributed by atoms with Crippen LogP contribution in [0.2, 0.25) is 0 Å². The van der Waals surface area contributed by atoms with Crippen LogP contribution in [-0.4, -0.2) is 46.1 Å². The van der Waals surface area contributed by atoms with Crippen LogP contribution in [-0.2, 0) is 13.6 Å². The summed E-state index contributed by atoms with van der Waals surface area (Å²) in [5.41, 5.74) is 2.24. The Morgan fingerprint density at radius 3 is 2.74 bits per heavy atom. The number of aromatic nitrogens is 2. The Balaban J connectivity index is 2.04. The first-order valence-electron chi connectivity index (χ1n) is 7.08. The number of aliphatic hydroxyl groups is 1. The van der Waals surface area contributed by atoms with Gasteiger partial charge in [0.15, 0.2) is 0 Å². The zero-order chi connectivity index (χ0) is 13.8.